The van der Waals surface area contributed by atoms with Gasteiger partial charge in [-0.05, 0) is 44.7 Å². The molecule has 0 aromatic carbocycles. The summed E-state index contributed by atoms with van der Waals surface area (Å²) in [6, 6.07) is 4.45. The number of halogens is 1. The lowest BCUT2D eigenvalue weighted by Crippen LogP contribution is -2.46. The fourth-order valence-corrected chi connectivity index (χ4v) is 5.16. The summed E-state index contributed by atoms with van der Waals surface area (Å²) in [5, 5.41) is 6.87. The normalized spacial score (nSPS) is 26.3. The summed E-state index contributed by atoms with van der Waals surface area (Å²) in [5.74, 6) is 2.37. The number of nitrogens with one attached hydrogen (secondary N) is 2. The van der Waals surface area contributed by atoms with Crippen LogP contribution >= 0.6 is 24.0 Å². The lowest BCUT2D eigenvalue weighted by molar-refractivity contribution is -0.134. The number of morpholine rings is 1. The number of likely N-dealkylation sites (tertiary alicyclic amines) is 1. The molecule has 3 unspecified atom stereocenters. The van der Waals surface area contributed by atoms with Crippen LogP contribution in [0.5, 0.6) is 0 Å². The molecule has 1 saturated carbocycles. The van der Waals surface area contributed by atoms with Crippen LogP contribution in [0.1, 0.15) is 51.5 Å². The van der Waals surface area contributed by atoms with Crippen molar-refractivity contribution in [3.8, 4) is 0 Å². The third-order valence-electron chi connectivity index (χ3n) is 6.78. The Labute approximate surface area is 215 Å². The number of hydrogen-bond acceptors (Lipinski definition) is 5. The molecule has 2 aliphatic heterocycles. The SMILES string of the molecule is CN=C(NCc1ccc(N2CC(C)OC(C)C2)nc1)NC1CCN(C(=O)C2CCCC2)C1.I. The third kappa shape index (κ3) is 6.94. The van der Waals surface area contributed by atoms with Crippen molar-refractivity contribution < 1.29 is 9.53 Å². The van der Waals surface area contributed by atoms with Crippen molar-refractivity contribution in [3.63, 3.8) is 0 Å². The van der Waals surface area contributed by atoms with Gasteiger partial charge in [0, 0.05) is 57.9 Å². The average molecular weight is 571 g/mol. The van der Waals surface area contributed by atoms with Crippen molar-refractivity contribution in [3.05, 3.63) is 23.9 Å². The van der Waals surface area contributed by atoms with E-state index in [1.54, 1.807) is 7.05 Å². The minimum Gasteiger partial charge on any atom is -0.372 e. The van der Waals surface area contributed by atoms with Gasteiger partial charge in [-0.2, -0.15) is 0 Å². The lowest BCUT2D eigenvalue weighted by Gasteiger charge is -2.36. The van der Waals surface area contributed by atoms with E-state index in [2.05, 4.69) is 51.5 Å². The van der Waals surface area contributed by atoms with E-state index in [0.717, 1.165) is 62.8 Å². The Kier molecular flexibility index (Phi) is 9.60. The Hall–Kier alpha value is -1.62. The molecule has 3 aliphatic rings. The van der Waals surface area contributed by atoms with Crippen LogP contribution in [0.15, 0.2) is 23.3 Å². The molecule has 1 aliphatic carbocycles. The highest BCUT2D eigenvalue weighted by molar-refractivity contribution is 14.0. The van der Waals surface area contributed by atoms with Crippen LogP contribution in [0, 0.1) is 5.92 Å². The predicted octanol–water partition coefficient (Wildman–Crippen LogP) is 2.77. The Bertz CT molecular complexity index is 789. The molecule has 184 valence electrons. The third-order valence-corrected chi connectivity index (χ3v) is 6.78. The molecule has 3 atom stereocenters. The second-order valence-electron chi connectivity index (χ2n) is 9.51. The van der Waals surface area contributed by atoms with Gasteiger partial charge in [0.05, 0.1) is 12.2 Å². The fourth-order valence-electron chi connectivity index (χ4n) is 5.16. The molecule has 3 fully saturated rings. The molecule has 1 aromatic heterocycles. The minimum absolute atomic E-state index is 0. The van der Waals surface area contributed by atoms with Crippen LogP contribution in [0.4, 0.5) is 5.82 Å². The number of aliphatic imine (C=N–C) groups is 1. The number of carbonyl (C=O) groups excluding carboxylic acids is 1. The molecule has 8 nitrogen and oxygen atoms in total. The number of nitrogens with zero attached hydrogens (tertiary/aromatic N) is 4. The molecule has 0 spiro atoms. The molecular weight excluding hydrogens is 531 g/mol. The Morgan fingerprint density at radius 1 is 1.15 bits per heavy atom. The number of hydrogen-bond donors (Lipinski definition) is 2. The first kappa shape index (κ1) is 26.0. The molecule has 2 saturated heterocycles. The van der Waals surface area contributed by atoms with E-state index < -0.39 is 0 Å². The van der Waals surface area contributed by atoms with Crippen molar-refractivity contribution in [1.29, 1.82) is 0 Å². The first-order valence-electron chi connectivity index (χ1n) is 12.1. The van der Waals surface area contributed by atoms with Gasteiger partial charge in [-0.1, -0.05) is 18.9 Å². The Morgan fingerprint density at radius 3 is 2.52 bits per heavy atom. The van der Waals surface area contributed by atoms with E-state index in [0.29, 0.717) is 12.5 Å². The quantitative estimate of drug-likeness (QED) is 0.322. The van der Waals surface area contributed by atoms with Crippen molar-refractivity contribution >= 4 is 41.7 Å². The van der Waals surface area contributed by atoms with Crippen LogP contribution in [-0.4, -0.2) is 73.2 Å². The zero-order chi connectivity index (χ0) is 22.5. The maximum absolute atomic E-state index is 12.7. The van der Waals surface area contributed by atoms with E-state index in [9.17, 15) is 4.79 Å². The molecule has 9 heteroatoms. The van der Waals surface area contributed by atoms with E-state index in [4.69, 9.17) is 4.74 Å². The molecule has 1 aromatic rings. The molecule has 0 radical (unpaired) electrons. The summed E-state index contributed by atoms with van der Waals surface area (Å²) >= 11 is 0. The summed E-state index contributed by atoms with van der Waals surface area (Å²) in [5.41, 5.74) is 1.11. The lowest BCUT2D eigenvalue weighted by atomic mass is 10.1. The maximum Gasteiger partial charge on any atom is 0.225 e. The van der Waals surface area contributed by atoms with Crippen LogP contribution in [0.25, 0.3) is 0 Å². The number of ether oxygens (including phenoxy) is 1. The molecule has 4 rings (SSSR count). The minimum atomic E-state index is 0. The highest BCUT2D eigenvalue weighted by Crippen LogP contribution is 2.27. The standard InChI is InChI=1S/C24H38N6O2.HI/c1-17-14-30(15-18(2)32-17)22-9-8-19(12-26-22)13-27-24(25-3)28-21-10-11-29(16-21)23(31)20-6-4-5-7-20;/h8-9,12,17-18,20-21H,4-7,10-11,13-16H2,1-3H3,(H2,25,27,28);1H. The Balaban J connectivity index is 0.00000306. The highest BCUT2D eigenvalue weighted by atomic mass is 127. The van der Waals surface area contributed by atoms with Crippen molar-refractivity contribution in [2.24, 2.45) is 10.9 Å². The van der Waals surface area contributed by atoms with E-state index in [1.807, 2.05) is 11.1 Å². The summed E-state index contributed by atoms with van der Waals surface area (Å²) in [7, 11) is 1.79. The van der Waals surface area contributed by atoms with Crippen molar-refractivity contribution in [1.82, 2.24) is 20.5 Å². The second-order valence-corrected chi connectivity index (χ2v) is 9.51. The highest BCUT2D eigenvalue weighted by Gasteiger charge is 2.32. The number of aromatic nitrogens is 1. The second kappa shape index (κ2) is 12.2. The molecule has 0 bridgehead atoms. The van der Waals surface area contributed by atoms with Gasteiger partial charge in [-0.25, -0.2) is 4.98 Å². The monoisotopic (exact) mass is 570 g/mol. The van der Waals surface area contributed by atoms with E-state index in [1.165, 1.54) is 12.8 Å². The van der Waals surface area contributed by atoms with E-state index >= 15 is 0 Å². The van der Waals surface area contributed by atoms with Crippen LogP contribution in [0.2, 0.25) is 0 Å². The maximum atomic E-state index is 12.7. The molecule has 33 heavy (non-hydrogen) atoms. The van der Waals surface area contributed by atoms with Gasteiger partial charge in [0.2, 0.25) is 5.91 Å². The number of amides is 1. The van der Waals surface area contributed by atoms with Gasteiger partial charge < -0.3 is 25.2 Å². The first-order chi connectivity index (χ1) is 15.5. The first-order valence-corrected chi connectivity index (χ1v) is 12.1. The number of rotatable bonds is 5. The van der Waals surface area contributed by atoms with Crippen molar-refractivity contribution in [2.75, 3.05) is 38.1 Å². The molecule has 3 heterocycles. The van der Waals surface area contributed by atoms with Gasteiger partial charge in [0.25, 0.3) is 0 Å². The summed E-state index contributed by atoms with van der Waals surface area (Å²) in [6.07, 6.45) is 7.85. The average Bonchev–Trinajstić information content (AvgIpc) is 3.48. The number of carbonyl (C=O) groups is 1. The van der Waals surface area contributed by atoms with Crippen LogP contribution < -0.4 is 15.5 Å². The van der Waals surface area contributed by atoms with Gasteiger partial charge in [0.1, 0.15) is 5.82 Å². The smallest absolute Gasteiger partial charge is 0.225 e. The van der Waals surface area contributed by atoms with Gasteiger partial charge in [-0.3, -0.25) is 9.79 Å². The number of guanidine groups is 1. The molecule has 2 N–H and O–H groups in total. The summed E-state index contributed by atoms with van der Waals surface area (Å²) in [6.45, 7) is 8.21. The molecule has 1 amide bonds. The summed E-state index contributed by atoms with van der Waals surface area (Å²) < 4.78 is 5.82. The Morgan fingerprint density at radius 2 is 1.88 bits per heavy atom. The van der Waals surface area contributed by atoms with Crippen molar-refractivity contribution in [2.45, 2.75) is 70.7 Å². The summed E-state index contributed by atoms with van der Waals surface area (Å²) in [4.78, 5) is 26.0. The van der Waals surface area contributed by atoms with Gasteiger partial charge in [-0.15, -0.1) is 24.0 Å². The van der Waals surface area contributed by atoms with Gasteiger partial charge >= 0.3 is 0 Å². The topological polar surface area (TPSA) is 82.1 Å². The largest absolute Gasteiger partial charge is 0.372 e. The van der Waals surface area contributed by atoms with Crippen LogP contribution in [0.3, 0.4) is 0 Å². The number of anilines is 1. The molecular formula is C24H39IN6O2. The zero-order valence-corrected chi connectivity index (χ0v) is 22.5. The van der Waals surface area contributed by atoms with E-state index in [-0.39, 0.29) is 48.1 Å². The van der Waals surface area contributed by atoms with Crippen LogP contribution in [-0.2, 0) is 16.1 Å². The number of pyridine rings is 1. The predicted molar refractivity (Wildman–Crippen MR) is 142 cm³/mol. The van der Waals surface area contributed by atoms with Gasteiger partial charge in [0.15, 0.2) is 5.96 Å². The zero-order valence-electron chi connectivity index (χ0n) is 20.1. The fraction of sp³-hybridized carbons (Fsp3) is 0.708.